The van der Waals surface area contributed by atoms with Crippen LogP contribution in [0.15, 0.2) is 17.5 Å². The molecule has 1 N–H and O–H groups in total. The smallest absolute Gasteiger partial charge is 0.221 e. The second-order valence-corrected chi connectivity index (χ2v) is 9.70. The average molecular weight is 359 g/mol. The molecule has 1 heterocycles. The van der Waals surface area contributed by atoms with Crippen molar-refractivity contribution in [3.05, 3.63) is 22.4 Å². The normalized spacial score (nSPS) is 17.5. The molecule has 7 heteroatoms. The molecule has 1 amide bonds. The minimum absolute atomic E-state index is 0.0326. The minimum Gasteiger partial charge on any atom is -0.354 e. The Morgan fingerprint density at radius 1 is 1.39 bits per heavy atom. The molecule has 1 aromatic heterocycles. The number of nitrogens with zero attached hydrogens (tertiary/aromatic N) is 1. The van der Waals surface area contributed by atoms with Crippen LogP contribution in [0, 0.1) is 0 Å². The van der Waals surface area contributed by atoms with Crippen molar-refractivity contribution in [2.45, 2.75) is 43.4 Å². The lowest BCUT2D eigenvalue weighted by Crippen LogP contribution is -2.35. The van der Waals surface area contributed by atoms with Crippen molar-refractivity contribution in [3.8, 4) is 0 Å². The van der Waals surface area contributed by atoms with Gasteiger partial charge >= 0.3 is 0 Å². The zero-order valence-corrected chi connectivity index (χ0v) is 15.5. The molecular formula is C16H26N2O3S2. The van der Waals surface area contributed by atoms with E-state index < -0.39 is 9.84 Å². The molecule has 0 spiro atoms. The van der Waals surface area contributed by atoms with Gasteiger partial charge in [-0.15, -0.1) is 11.3 Å². The summed E-state index contributed by atoms with van der Waals surface area (Å²) < 4.78 is 24.4. The van der Waals surface area contributed by atoms with Gasteiger partial charge in [-0.2, -0.15) is 0 Å². The number of thiophene rings is 1. The van der Waals surface area contributed by atoms with Crippen LogP contribution in [0.5, 0.6) is 0 Å². The molecule has 0 bridgehead atoms. The lowest BCUT2D eigenvalue weighted by molar-refractivity contribution is -0.120. The van der Waals surface area contributed by atoms with Gasteiger partial charge in [0, 0.05) is 17.8 Å². The van der Waals surface area contributed by atoms with Crippen molar-refractivity contribution >= 4 is 27.1 Å². The fourth-order valence-electron chi connectivity index (χ4n) is 2.97. The summed E-state index contributed by atoms with van der Waals surface area (Å²) in [6.07, 6.45) is 3.54. The van der Waals surface area contributed by atoms with Crippen LogP contribution in [0.2, 0.25) is 0 Å². The molecule has 0 saturated heterocycles. The van der Waals surface area contributed by atoms with Crippen molar-refractivity contribution in [3.63, 3.8) is 0 Å². The first kappa shape index (κ1) is 18.4. The van der Waals surface area contributed by atoms with E-state index in [9.17, 15) is 13.2 Å². The van der Waals surface area contributed by atoms with E-state index in [1.54, 1.807) is 11.3 Å². The predicted molar refractivity (Wildman–Crippen MR) is 94.4 cm³/mol. The zero-order chi connectivity index (χ0) is 16.9. The van der Waals surface area contributed by atoms with E-state index in [0.29, 0.717) is 6.54 Å². The molecule has 0 radical (unpaired) electrons. The van der Waals surface area contributed by atoms with E-state index >= 15 is 0 Å². The second-order valence-electron chi connectivity index (χ2n) is 6.32. The third kappa shape index (κ3) is 5.29. The van der Waals surface area contributed by atoms with Crippen molar-refractivity contribution in [2.75, 3.05) is 26.4 Å². The molecule has 1 fully saturated rings. The van der Waals surface area contributed by atoms with Crippen LogP contribution >= 0.6 is 11.3 Å². The predicted octanol–water partition coefficient (Wildman–Crippen LogP) is 2.21. The Bertz CT molecular complexity index is 591. The molecule has 2 rings (SSSR count). The summed E-state index contributed by atoms with van der Waals surface area (Å²) in [5.41, 5.74) is 0. The molecule has 5 nitrogen and oxygen atoms in total. The fourth-order valence-corrected chi connectivity index (χ4v) is 5.74. The first-order valence-electron chi connectivity index (χ1n) is 8.08. The monoisotopic (exact) mass is 358 g/mol. The van der Waals surface area contributed by atoms with E-state index in [1.165, 1.54) is 4.88 Å². The SMILES string of the molecule is CN(C)[C@@H](CNC(=O)CCS(=O)(=O)C1CCCC1)c1cccs1. The Hall–Kier alpha value is -0.920. The zero-order valence-electron chi connectivity index (χ0n) is 13.8. The Balaban J connectivity index is 1.80. The van der Waals surface area contributed by atoms with E-state index in [-0.39, 0.29) is 29.4 Å². The number of amides is 1. The van der Waals surface area contributed by atoms with Crippen molar-refractivity contribution in [1.82, 2.24) is 10.2 Å². The standard InChI is InChI=1S/C16H26N2O3S2/c1-18(2)14(15-8-5-10-22-15)12-17-16(19)9-11-23(20,21)13-6-3-4-7-13/h5,8,10,13-14H,3-4,6-7,9,11-12H2,1-2H3,(H,17,19)/t14-/m0/s1. The van der Waals surface area contributed by atoms with Crippen LogP contribution in [-0.2, 0) is 14.6 Å². The average Bonchev–Trinajstić information content (AvgIpc) is 3.18. The van der Waals surface area contributed by atoms with Crippen LogP contribution in [0.1, 0.15) is 43.0 Å². The van der Waals surface area contributed by atoms with Crippen LogP contribution < -0.4 is 5.32 Å². The maximum atomic E-state index is 12.2. The largest absolute Gasteiger partial charge is 0.354 e. The first-order valence-corrected chi connectivity index (χ1v) is 10.7. The van der Waals surface area contributed by atoms with Gasteiger partial charge in [0.05, 0.1) is 17.0 Å². The molecule has 1 saturated carbocycles. The molecule has 0 aromatic carbocycles. The summed E-state index contributed by atoms with van der Waals surface area (Å²) in [5.74, 6) is -0.218. The quantitative estimate of drug-likeness (QED) is 0.774. The molecule has 23 heavy (non-hydrogen) atoms. The van der Waals surface area contributed by atoms with Crippen molar-refractivity contribution in [1.29, 1.82) is 0 Å². The van der Waals surface area contributed by atoms with Gasteiger partial charge in [-0.05, 0) is 38.4 Å². The summed E-state index contributed by atoms with van der Waals surface area (Å²) in [7, 11) is 0.824. The lowest BCUT2D eigenvalue weighted by atomic mass is 10.2. The minimum atomic E-state index is -3.12. The molecule has 0 unspecified atom stereocenters. The maximum absolute atomic E-state index is 12.2. The summed E-state index contributed by atoms with van der Waals surface area (Å²) in [6, 6.07) is 4.16. The number of hydrogen-bond donors (Lipinski definition) is 1. The molecule has 1 aliphatic rings. The Morgan fingerprint density at radius 3 is 2.65 bits per heavy atom. The molecular weight excluding hydrogens is 332 g/mol. The number of sulfone groups is 1. The second kappa shape index (κ2) is 8.26. The highest BCUT2D eigenvalue weighted by molar-refractivity contribution is 7.92. The van der Waals surface area contributed by atoms with Crippen LogP contribution in [0.3, 0.4) is 0 Å². The molecule has 0 aliphatic heterocycles. The van der Waals surface area contributed by atoms with Gasteiger partial charge in [-0.25, -0.2) is 8.42 Å². The highest BCUT2D eigenvalue weighted by atomic mass is 32.2. The van der Waals surface area contributed by atoms with Crippen LogP contribution in [-0.4, -0.2) is 50.9 Å². The van der Waals surface area contributed by atoms with Gasteiger partial charge in [0.1, 0.15) is 0 Å². The van der Waals surface area contributed by atoms with Gasteiger partial charge in [-0.3, -0.25) is 4.79 Å². The summed E-state index contributed by atoms with van der Waals surface area (Å²) in [5, 5.41) is 4.67. The third-order valence-corrected chi connectivity index (χ3v) is 7.65. The van der Waals surface area contributed by atoms with E-state index in [1.807, 2.05) is 31.6 Å². The summed E-state index contributed by atoms with van der Waals surface area (Å²) in [4.78, 5) is 15.3. The number of carbonyl (C=O) groups excluding carboxylic acids is 1. The van der Waals surface area contributed by atoms with Gasteiger partial charge in [-0.1, -0.05) is 18.9 Å². The topological polar surface area (TPSA) is 66.5 Å². The number of carbonyl (C=O) groups is 1. The van der Waals surface area contributed by atoms with Gasteiger partial charge in [0.25, 0.3) is 0 Å². The molecule has 130 valence electrons. The number of nitrogens with one attached hydrogen (secondary N) is 1. The van der Waals surface area contributed by atoms with Gasteiger partial charge in [0.2, 0.25) is 5.91 Å². The Kier molecular flexibility index (Phi) is 6.61. The van der Waals surface area contributed by atoms with Gasteiger partial charge in [0.15, 0.2) is 9.84 Å². The molecule has 1 atom stereocenters. The third-order valence-electron chi connectivity index (χ3n) is 4.41. The first-order chi connectivity index (χ1) is 10.9. The molecule has 1 aromatic rings. The molecule has 1 aliphatic carbocycles. The van der Waals surface area contributed by atoms with Crippen LogP contribution in [0.4, 0.5) is 0 Å². The maximum Gasteiger partial charge on any atom is 0.221 e. The number of hydrogen-bond acceptors (Lipinski definition) is 5. The van der Waals surface area contributed by atoms with Crippen molar-refractivity contribution < 1.29 is 13.2 Å². The summed E-state index contributed by atoms with van der Waals surface area (Å²) >= 11 is 1.66. The van der Waals surface area contributed by atoms with E-state index in [0.717, 1.165) is 25.7 Å². The Labute approximate surface area is 143 Å². The van der Waals surface area contributed by atoms with Gasteiger partial charge < -0.3 is 10.2 Å². The van der Waals surface area contributed by atoms with Crippen molar-refractivity contribution in [2.24, 2.45) is 0 Å². The van der Waals surface area contributed by atoms with Crippen LogP contribution in [0.25, 0.3) is 0 Å². The highest BCUT2D eigenvalue weighted by Crippen LogP contribution is 2.25. The van der Waals surface area contributed by atoms with E-state index in [2.05, 4.69) is 10.2 Å². The number of rotatable bonds is 8. The highest BCUT2D eigenvalue weighted by Gasteiger charge is 2.29. The number of likely N-dealkylation sites (N-methyl/N-ethyl adjacent to an activating group) is 1. The Morgan fingerprint density at radius 2 is 2.09 bits per heavy atom. The lowest BCUT2D eigenvalue weighted by Gasteiger charge is -2.23. The summed E-state index contributed by atoms with van der Waals surface area (Å²) in [6.45, 7) is 0.496. The fraction of sp³-hybridized carbons (Fsp3) is 0.688. The van der Waals surface area contributed by atoms with E-state index in [4.69, 9.17) is 0 Å².